The summed E-state index contributed by atoms with van der Waals surface area (Å²) in [6.45, 7) is 0. The van der Waals surface area contributed by atoms with Gasteiger partial charge in [-0.15, -0.1) is 4.36 Å². The van der Waals surface area contributed by atoms with Gasteiger partial charge in [0.25, 0.3) is 0 Å². The molecular weight excluding hydrogens is 268 g/mol. The van der Waals surface area contributed by atoms with Crippen molar-refractivity contribution in [2.45, 2.75) is 4.90 Å². The minimum Gasteiger partial charge on any atom is -0.306 e. The number of nitrogens with zero attached hydrogens (tertiary/aromatic N) is 1. The maximum Gasteiger partial charge on any atom is 0.353 e. The van der Waals surface area contributed by atoms with Crippen LogP contribution in [0.15, 0.2) is 56.4 Å². The summed E-state index contributed by atoms with van der Waals surface area (Å²) in [6.07, 6.45) is 1.46. The SMILES string of the molecule is CS(=O)(=NC(=O)Nc1ccccc1)c1ccsc1. The third kappa shape index (κ3) is 3.18. The smallest absolute Gasteiger partial charge is 0.306 e. The summed E-state index contributed by atoms with van der Waals surface area (Å²) < 4.78 is 16.0. The van der Waals surface area contributed by atoms with Crippen LogP contribution in [0.3, 0.4) is 0 Å². The van der Waals surface area contributed by atoms with E-state index in [1.165, 1.54) is 17.6 Å². The van der Waals surface area contributed by atoms with Gasteiger partial charge in [-0.05, 0) is 23.6 Å². The minimum absolute atomic E-state index is 0.579. The number of carbonyl (C=O) groups excluding carboxylic acids is 1. The molecule has 2 rings (SSSR count). The zero-order valence-electron chi connectivity index (χ0n) is 9.70. The Bertz CT molecular complexity index is 642. The quantitative estimate of drug-likeness (QED) is 0.916. The average Bonchev–Trinajstić information content (AvgIpc) is 2.83. The zero-order valence-corrected chi connectivity index (χ0v) is 11.3. The molecule has 0 fully saturated rings. The summed E-state index contributed by atoms with van der Waals surface area (Å²) in [7, 11) is -2.66. The number of urea groups is 1. The molecule has 1 unspecified atom stereocenters. The summed E-state index contributed by atoms with van der Waals surface area (Å²) in [5.74, 6) is 0. The van der Waals surface area contributed by atoms with Gasteiger partial charge >= 0.3 is 6.03 Å². The Labute approximate surface area is 110 Å². The van der Waals surface area contributed by atoms with Crippen LogP contribution in [-0.4, -0.2) is 16.5 Å². The van der Waals surface area contributed by atoms with Crippen molar-refractivity contribution in [1.29, 1.82) is 0 Å². The molecule has 0 aliphatic heterocycles. The molecule has 4 nitrogen and oxygen atoms in total. The molecule has 94 valence electrons. The number of hydrogen-bond donors (Lipinski definition) is 1. The van der Waals surface area contributed by atoms with Crippen molar-refractivity contribution in [3.8, 4) is 0 Å². The van der Waals surface area contributed by atoms with E-state index in [0.717, 1.165) is 0 Å². The predicted molar refractivity (Wildman–Crippen MR) is 74.5 cm³/mol. The second-order valence-corrected chi connectivity index (χ2v) is 6.69. The van der Waals surface area contributed by atoms with E-state index in [1.54, 1.807) is 35.7 Å². The maximum absolute atomic E-state index is 12.2. The van der Waals surface area contributed by atoms with Gasteiger partial charge in [0.2, 0.25) is 0 Å². The van der Waals surface area contributed by atoms with Crippen LogP contribution in [0.5, 0.6) is 0 Å². The number of benzene rings is 1. The van der Waals surface area contributed by atoms with Crippen molar-refractivity contribution < 1.29 is 9.00 Å². The van der Waals surface area contributed by atoms with Crippen molar-refractivity contribution in [1.82, 2.24) is 0 Å². The second-order valence-electron chi connectivity index (χ2n) is 3.65. The number of rotatable bonds is 2. The van der Waals surface area contributed by atoms with Gasteiger partial charge in [-0.2, -0.15) is 11.3 Å². The second kappa shape index (κ2) is 5.32. The molecule has 1 N–H and O–H groups in total. The van der Waals surface area contributed by atoms with E-state index in [-0.39, 0.29) is 0 Å². The van der Waals surface area contributed by atoms with Crippen molar-refractivity contribution in [2.75, 3.05) is 11.6 Å². The van der Waals surface area contributed by atoms with Gasteiger partial charge in [0.1, 0.15) is 0 Å². The summed E-state index contributed by atoms with van der Waals surface area (Å²) in [6, 6.07) is 10.1. The van der Waals surface area contributed by atoms with E-state index in [2.05, 4.69) is 9.68 Å². The van der Waals surface area contributed by atoms with Crippen LogP contribution in [0.4, 0.5) is 10.5 Å². The summed E-state index contributed by atoms with van der Waals surface area (Å²) in [5, 5.41) is 6.12. The molecule has 18 heavy (non-hydrogen) atoms. The topological polar surface area (TPSA) is 58.5 Å². The first-order valence-electron chi connectivity index (χ1n) is 5.18. The third-order valence-corrected chi connectivity index (χ3v) is 4.69. The highest BCUT2D eigenvalue weighted by Gasteiger charge is 2.09. The normalized spacial score (nSPS) is 13.6. The maximum atomic E-state index is 12.2. The molecule has 0 aliphatic carbocycles. The van der Waals surface area contributed by atoms with Crippen molar-refractivity contribution in [3.05, 3.63) is 47.2 Å². The van der Waals surface area contributed by atoms with Gasteiger partial charge in [0.05, 0.1) is 14.6 Å². The van der Waals surface area contributed by atoms with E-state index in [9.17, 15) is 9.00 Å². The van der Waals surface area contributed by atoms with Crippen LogP contribution >= 0.6 is 11.3 Å². The number of carbonyl (C=O) groups is 1. The zero-order chi connectivity index (χ0) is 13.0. The number of hydrogen-bond acceptors (Lipinski definition) is 3. The first kappa shape index (κ1) is 12.8. The van der Waals surface area contributed by atoms with Gasteiger partial charge in [-0.25, -0.2) is 9.00 Å². The van der Waals surface area contributed by atoms with Crippen LogP contribution in [0.1, 0.15) is 0 Å². The van der Waals surface area contributed by atoms with Crippen molar-refractivity contribution in [2.24, 2.45) is 4.36 Å². The van der Waals surface area contributed by atoms with Crippen molar-refractivity contribution >= 4 is 32.8 Å². The summed E-state index contributed by atoms with van der Waals surface area (Å²) >= 11 is 1.43. The number of nitrogens with one attached hydrogen (secondary N) is 1. The van der Waals surface area contributed by atoms with Crippen LogP contribution in [-0.2, 0) is 9.73 Å². The Hall–Kier alpha value is -1.66. The van der Waals surface area contributed by atoms with Crippen LogP contribution in [0.25, 0.3) is 0 Å². The summed E-state index contributed by atoms with van der Waals surface area (Å²) in [5.41, 5.74) is 0.631. The number of thiophene rings is 1. The lowest BCUT2D eigenvalue weighted by molar-refractivity contribution is 0.260. The molecule has 1 aromatic heterocycles. The van der Waals surface area contributed by atoms with Gasteiger partial charge < -0.3 is 5.32 Å². The molecule has 2 amide bonds. The molecule has 0 saturated carbocycles. The van der Waals surface area contributed by atoms with Crippen LogP contribution in [0, 0.1) is 0 Å². The van der Waals surface area contributed by atoms with E-state index in [1.807, 2.05) is 11.4 Å². The molecule has 1 atom stereocenters. The minimum atomic E-state index is -2.66. The number of anilines is 1. The molecule has 0 spiro atoms. The predicted octanol–water partition coefficient (Wildman–Crippen LogP) is 3.44. The van der Waals surface area contributed by atoms with E-state index in [0.29, 0.717) is 10.6 Å². The molecule has 0 aliphatic rings. The van der Waals surface area contributed by atoms with Gasteiger partial charge in [-0.1, -0.05) is 18.2 Å². The Kier molecular flexibility index (Phi) is 3.78. The molecule has 1 heterocycles. The third-order valence-electron chi connectivity index (χ3n) is 2.21. The van der Waals surface area contributed by atoms with E-state index >= 15 is 0 Å². The standard InChI is InChI=1S/C12H12N2O2S2/c1-18(16,11-7-8-17-9-11)14-12(15)13-10-5-3-2-4-6-10/h2-9H,1H3,(H,13,15). The molecule has 6 heteroatoms. The molecular formula is C12H12N2O2S2. The molecule has 0 bridgehead atoms. The fourth-order valence-corrected chi connectivity index (χ4v) is 3.62. The highest BCUT2D eigenvalue weighted by Crippen LogP contribution is 2.15. The largest absolute Gasteiger partial charge is 0.353 e. The van der Waals surface area contributed by atoms with Gasteiger partial charge in [0, 0.05) is 17.3 Å². The Morgan fingerprint density at radius 3 is 2.61 bits per heavy atom. The first-order chi connectivity index (χ1) is 8.58. The first-order valence-corrected chi connectivity index (χ1v) is 8.05. The Balaban J connectivity index is 2.19. The lowest BCUT2D eigenvalue weighted by Gasteiger charge is -2.03. The fraction of sp³-hybridized carbons (Fsp3) is 0.0833. The van der Waals surface area contributed by atoms with E-state index < -0.39 is 15.8 Å². The number of para-hydroxylation sites is 1. The van der Waals surface area contributed by atoms with Crippen molar-refractivity contribution in [3.63, 3.8) is 0 Å². The lowest BCUT2D eigenvalue weighted by Crippen LogP contribution is -2.09. The average molecular weight is 280 g/mol. The molecule has 0 saturated heterocycles. The molecule has 1 aromatic carbocycles. The molecule has 2 aromatic rings. The summed E-state index contributed by atoms with van der Waals surface area (Å²) in [4.78, 5) is 12.2. The highest BCUT2D eigenvalue weighted by atomic mass is 32.2. The number of amides is 2. The Morgan fingerprint density at radius 1 is 1.28 bits per heavy atom. The van der Waals surface area contributed by atoms with Crippen LogP contribution < -0.4 is 5.32 Å². The Morgan fingerprint density at radius 2 is 2.00 bits per heavy atom. The van der Waals surface area contributed by atoms with Crippen LogP contribution in [0.2, 0.25) is 0 Å². The lowest BCUT2D eigenvalue weighted by atomic mass is 10.3. The van der Waals surface area contributed by atoms with E-state index in [4.69, 9.17) is 0 Å². The fourth-order valence-electron chi connectivity index (χ4n) is 1.35. The van der Waals surface area contributed by atoms with Gasteiger partial charge in [-0.3, -0.25) is 0 Å². The monoisotopic (exact) mass is 280 g/mol. The highest BCUT2D eigenvalue weighted by molar-refractivity contribution is 7.93. The van der Waals surface area contributed by atoms with Gasteiger partial charge in [0.15, 0.2) is 0 Å². The molecule has 0 radical (unpaired) electrons.